The quantitative estimate of drug-likeness (QED) is 0.667. The number of carbonyl (C=O) groups excluding carboxylic acids is 1. The molecule has 0 saturated heterocycles. The van der Waals surface area contributed by atoms with Crippen LogP contribution < -0.4 is 5.32 Å². The van der Waals surface area contributed by atoms with Crippen LogP contribution in [-0.2, 0) is 9.47 Å². The van der Waals surface area contributed by atoms with Crippen LogP contribution in [-0.4, -0.2) is 36.6 Å². The molecule has 5 nitrogen and oxygen atoms in total. The van der Waals surface area contributed by atoms with Crippen molar-refractivity contribution in [2.24, 2.45) is 0 Å². The molecule has 0 spiro atoms. The first kappa shape index (κ1) is 20.2. The van der Waals surface area contributed by atoms with Gasteiger partial charge in [0, 0.05) is 29.1 Å². The number of carbonyl (C=O) groups is 1. The molecular weight excluding hydrogens is 386 g/mol. The van der Waals surface area contributed by atoms with Gasteiger partial charge in [0.05, 0.1) is 12.7 Å². The fourth-order valence-electron chi connectivity index (χ4n) is 1.77. The minimum atomic E-state index is -0.649. The van der Waals surface area contributed by atoms with E-state index >= 15 is 0 Å². The Labute approximate surface area is 150 Å². The summed E-state index contributed by atoms with van der Waals surface area (Å²) >= 11 is 9.29. The summed E-state index contributed by atoms with van der Waals surface area (Å²) in [7, 11) is 0. The topological polar surface area (TPSA) is 67.8 Å². The monoisotopic (exact) mass is 407 g/mol. The summed E-state index contributed by atoms with van der Waals surface area (Å²) in [6.07, 6.45) is -0.673. The summed E-state index contributed by atoms with van der Waals surface area (Å²) in [6.45, 7) is 6.50. The average molecular weight is 409 g/mol. The molecule has 0 saturated carbocycles. The Balaban J connectivity index is 2.18. The maximum atomic E-state index is 11.4. The SMILES string of the molecule is CC(C)(C)OC(=O)NCCOCCC(O)c1cc(Cl)cc(Br)c1. The Bertz CT molecular complexity index is 499. The fourth-order valence-corrected chi connectivity index (χ4v) is 2.66. The molecule has 1 atom stereocenters. The number of aliphatic hydroxyl groups is 1. The normalized spacial score (nSPS) is 12.8. The summed E-state index contributed by atoms with van der Waals surface area (Å²) in [6, 6.07) is 5.30. The van der Waals surface area contributed by atoms with Crippen molar-refractivity contribution < 1.29 is 19.4 Å². The van der Waals surface area contributed by atoms with E-state index in [1.165, 1.54) is 0 Å². The van der Waals surface area contributed by atoms with Crippen molar-refractivity contribution in [3.05, 3.63) is 33.3 Å². The number of hydrogen-bond donors (Lipinski definition) is 2. The second-order valence-corrected chi connectivity index (χ2v) is 7.40. The Hall–Kier alpha value is -0.820. The maximum Gasteiger partial charge on any atom is 0.407 e. The van der Waals surface area contributed by atoms with Gasteiger partial charge in [-0.3, -0.25) is 0 Å². The fraction of sp³-hybridized carbons (Fsp3) is 0.562. The van der Waals surface area contributed by atoms with Crippen molar-refractivity contribution in [3.8, 4) is 0 Å². The molecule has 0 aliphatic heterocycles. The van der Waals surface area contributed by atoms with E-state index in [9.17, 15) is 9.90 Å². The van der Waals surface area contributed by atoms with Gasteiger partial charge >= 0.3 is 6.09 Å². The number of ether oxygens (including phenoxy) is 2. The van der Waals surface area contributed by atoms with E-state index in [4.69, 9.17) is 21.1 Å². The van der Waals surface area contributed by atoms with Crippen LogP contribution in [0.25, 0.3) is 0 Å². The number of hydrogen-bond acceptors (Lipinski definition) is 4. The van der Waals surface area contributed by atoms with Crippen molar-refractivity contribution in [1.29, 1.82) is 0 Å². The minimum Gasteiger partial charge on any atom is -0.444 e. The number of benzene rings is 1. The van der Waals surface area contributed by atoms with Crippen LogP contribution in [0.15, 0.2) is 22.7 Å². The summed E-state index contributed by atoms with van der Waals surface area (Å²) in [4.78, 5) is 11.4. The molecule has 1 aromatic rings. The summed E-state index contributed by atoms with van der Waals surface area (Å²) < 4.78 is 11.3. The maximum absolute atomic E-state index is 11.4. The van der Waals surface area contributed by atoms with E-state index in [-0.39, 0.29) is 0 Å². The van der Waals surface area contributed by atoms with Gasteiger partial charge in [0.15, 0.2) is 0 Å². The average Bonchev–Trinajstić information content (AvgIpc) is 2.39. The van der Waals surface area contributed by atoms with Crippen LogP contribution in [0.3, 0.4) is 0 Å². The van der Waals surface area contributed by atoms with Crippen LogP contribution in [0.4, 0.5) is 4.79 Å². The van der Waals surface area contributed by atoms with Gasteiger partial charge in [-0.1, -0.05) is 27.5 Å². The molecule has 0 aromatic heterocycles. The predicted molar refractivity (Wildman–Crippen MR) is 93.8 cm³/mol. The molecule has 0 radical (unpaired) electrons. The molecule has 2 N–H and O–H groups in total. The van der Waals surface area contributed by atoms with Gasteiger partial charge in [-0.2, -0.15) is 0 Å². The van der Waals surface area contributed by atoms with Gasteiger partial charge in [-0.15, -0.1) is 0 Å². The zero-order chi connectivity index (χ0) is 17.5. The molecule has 1 aromatic carbocycles. The van der Waals surface area contributed by atoms with E-state index in [0.29, 0.717) is 31.2 Å². The van der Waals surface area contributed by atoms with E-state index in [1.54, 1.807) is 32.9 Å². The number of aliphatic hydroxyl groups excluding tert-OH is 1. The lowest BCUT2D eigenvalue weighted by Crippen LogP contribution is -2.34. The van der Waals surface area contributed by atoms with E-state index in [0.717, 1.165) is 10.0 Å². The van der Waals surface area contributed by atoms with E-state index in [1.807, 2.05) is 6.07 Å². The molecule has 0 aliphatic carbocycles. The molecular formula is C16H23BrClNO4. The van der Waals surface area contributed by atoms with Crippen LogP contribution in [0.5, 0.6) is 0 Å². The lowest BCUT2D eigenvalue weighted by Gasteiger charge is -2.19. The van der Waals surface area contributed by atoms with Crippen LogP contribution in [0.2, 0.25) is 5.02 Å². The number of halogens is 2. The van der Waals surface area contributed by atoms with Crippen molar-refractivity contribution in [1.82, 2.24) is 5.32 Å². The van der Waals surface area contributed by atoms with Gasteiger partial charge < -0.3 is 19.9 Å². The van der Waals surface area contributed by atoms with Crippen molar-refractivity contribution in [2.45, 2.75) is 38.9 Å². The first-order chi connectivity index (χ1) is 10.7. The van der Waals surface area contributed by atoms with Crippen LogP contribution in [0, 0.1) is 0 Å². The molecule has 0 bridgehead atoms. The van der Waals surface area contributed by atoms with Gasteiger partial charge in [0.25, 0.3) is 0 Å². The molecule has 130 valence electrons. The lowest BCUT2D eigenvalue weighted by molar-refractivity contribution is 0.0478. The molecule has 1 amide bonds. The lowest BCUT2D eigenvalue weighted by atomic mass is 10.1. The molecule has 1 rings (SSSR count). The Kier molecular flexibility index (Phi) is 8.33. The van der Waals surface area contributed by atoms with Gasteiger partial charge in [-0.25, -0.2) is 4.79 Å². The van der Waals surface area contributed by atoms with Crippen LogP contribution >= 0.6 is 27.5 Å². The zero-order valence-corrected chi connectivity index (χ0v) is 15.9. The van der Waals surface area contributed by atoms with Gasteiger partial charge in [0.2, 0.25) is 0 Å². The minimum absolute atomic E-state index is 0.352. The van der Waals surface area contributed by atoms with E-state index in [2.05, 4.69) is 21.2 Å². The van der Waals surface area contributed by atoms with E-state index < -0.39 is 17.8 Å². The largest absolute Gasteiger partial charge is 0.444 e. The highest BCUT2D eigenvalue weighted by Crippen LogP contribution is 2.25. The van der Waals surface area contributed by atoms with Crippen molar-refractivity contribution >= 4 is 33.6 Å². The third-order valence-corrected chi connectivity index (χ3v) is 3.40. The highest BCUT2D eigenvalue weighted by molar-refractivity contribution is 9.10. The summed E-state index contributed by atoms with van der Waals surface area (Å²) in [5.41, 5.74) is 0.222. The molecule has 1 unspecified atom stereocenters. The molecule has 0 fully saturated rings. The van der Waals surface area contributed by atoms with Crippen molar-refractivity contribution in [3.63, 3.8) is 0 Å². The Morgan fingerprint density at radius 3 is 2.65 bits per heavy atom. The smallest absolute Gasteiger partial charge is 0.407 e. The Morgan fingerprint density at radius 2 is 2.04 bits per heavy atom. The highest BCUT2D eigenvalue weighted by Gasteiger charge is 2.15. The van der Waals surface area contributed by atoms with Gasteiger partial charge in [-0.05, 0) is 44.5 Å². The van der Waals surface area contributed by atoms with Crippen LogP contribution in [0.1, 0.15) is 38.9 Å². The summed E-state index contributed by atoms with van der Waals surface area (Å²) in [5.74, 6) is 0. The first-order valence-corrected chi connectivity index (χ1v) is 8.53. The standard InChI is InChI=1S/C16H23BrClNO4/c1-16(2,3)23-15(21)19-5-7-22-6-4-14(20)11-8-12(17)10-13(18)9-11/h8-10,14,20H,4-7H2,1-3H3,(H,19,21). The predicted octanol–water partition coefficient (Wildman–Crippen LogP) is 4.07. The molecule has 23 heavy (non-hydrogen) atoms. The third kappa shape index (κ3) is 9.15. The Morgan fingerprint density at radius 1 is 1.35 bits per heavy atom. The molecule has 0 heterocycles. The summed E-state index contributed by atoms with van der Waals surface area (Å²) in [5, 5.41) is 13.3. The first-order valence-electron chi connectivity index (χ1n) is 7.36. The van der Waals surface area contributed by atoms with Crippen molar-refractivity contribution in [2.75, 3.05) is 19.8 Å². The van der Waals surface area contributed by atoms with Gasteiger partial charge in [0.1, 0.15) is 5.60 Å². The third-order valence-electron chi connectivity index (χ3n) is 2.72. The number of rotatable bonds is 7. The second kappa shape index (κ2) is 9.47. The zero-order valence-electron chi connectivity index (χ0n) is 13.6. The second-order valence-electron chi connectivity index (χ2n) is 6.05. The number of alkyl carbamates (subject to hydrolysis) is 1. The molecule has 0 aliphatic rings. The molecule has 7 heteroatoms. The number of amides is 1. The highest BCUT2D eigenvalue weighted by atomic mass is 79.9. The number of nitrogens with one attached hydrogen (secondary N) is 1.